The lowest BCUT2D eigenvalue weighted by atomic mass is 9.62. The normalized spacial score (nSPS) is 32.6. The van der Waals surface area contributed by atoms with Gasteiger partial charge >= 0.3 is 11.9 Å². The van der Waals surface area contributed by atoms with Crippen molar-refractivity contribution < 1.29 is 78.0 Å². The van der Waals surface area contributed by atoms with Crippen LogP contribution in [0.25, 0.3) is 6.08 Å². The summed E-state index contributed by atoms with van der Waals surface area (Å²) in [5.74, 6) is -3.67. The van der Waals surface area contributed by atoms with E-state index in [4.69, 9.17) is 33.3 Å². The number of carbonyl (C=O) groups is 4. The lowest BCUT2D eigenvalue weighted by Gasteiger charge is -2.50. The molecule has 3 aromatic carbocycles. The number of aliphatic hydroxyl groups is 5. The minimum atomic E-state index is -1.64. The molecule has 0 unspecified atom stereocenters. The summed E-state index contributed by atoms with van der Waals surface area (Å²) in [6.45, 7) is 4.27. The molecule has 19 heteroatoms. The number of hydrogen-bond donors (Lipinski definition) is 6. The minimum Gasteiger partial charge on any atom is -0.460 e. The second-order valence-corrected chi connectivity index (χ2v) is 20.0. The number of esters is 2. The molecule has 6 fully saturated rings. The van der Waals surface area contributed by atoms with Gasteiger partial charge in [0.05, 0.1) is 32.4 Å². The Bertz CT molecular complexity index is 2380. The molecule has 5 aliphatic heterocycles. The maximum atomic E-state index is 15.8. The third kappa shape index (κ3) is 9.78. The van der Waals surface area contributed by atoms with Gasteiger partial charge in [-0.1, -0.05) is 97.1 Å². The van der Waals surface area contributed by atoms with Crippen molar-refractivity contribution >= 4 is 29.8 Å². The SMILES string of the molecule is CC(C)(C)OC(=O)CC[C@@H](CO)NC(=O)[C@H]1CCCN1C(=O)[C@@]12C[C@H]3OC(=O)[C@@H]1N(Cc1ccccc1C=CCO[C@H]1O[C@H](CO)[C@H](O)[C@H](O)[C@H]1O)O[C@@H]2[C@H]1OC(c2ccccc2)(c2ccccc2)O[C@H]13. The summed E-state index contributed by atoms with van der Waals surface area (Å²) in [6, 6.07) is 23.0. The van der Waals surface area contributed by atoms with Crippen molar-refractivity contribution in [3.63, 3.8) is 0 Å². The van der Waals surface area contributed by atoms with E-state index in [1.165, 1.54) is 9.96 Å². The van der Waals surface area contributed by atoms with E-state index in [0.29, 0.717) is 35.1 Å². The Balaban J connectivity index is 1.02. The number of ether oxygens (including phenoxy) is 6. The van der Waals surface area contributed by atoms with Gasteiger partial charge in [-0.05, 0) is 51.2 Å². The average Bonchev–Trinajstić information content (AvgIpc) is 4.11. The number of rotatable bonds is 16. The minimum absolute atomic E-state index is 0.00950. The molecule has 2 bridgehead atoms. The second kappa shape index (κ2) is 20.8. The smallest absolute Gasteiger partial charge is 0.327 e. The zero-order valence-electron chi connectivity index (χ0n) is 39.9. The maximum Gasteiger partial charge on any atom is 0.327 e. The fourth-order valence-electron chi connectivity index (χ4n) is 10.9. The highest BCUT2D eigenvalue weighted by atomic mass is 16.8. The van der Waals surface area contributed by atoms with E-state index in [-0.39, 0.29) is 39.0 Å². The predicted octanol–water partition coefficient (Wildman–Crippen LogP) is 1.59. The van der Waals surface area contributed by atoms with Gasteiger partial charge in [0.25, 0.3) is 0 Å². The quantitative estimate of drug-likeness (QED) is 0.112. The molecule has 382 valence electrons. The summed E-state index contributed by atoms with van der Waals surface area (Å²) in [5, 5.41) is 55.1. The zero-order chi connectivity index (χ0) is 50.2. The summed E-state index contributed by atoms with van der Waals surface area (Å²) in [5.41, 5.74) is 0.346. The second-order valence-electron chi connectivity index (χ2n) is 20.0. The number of benzene rings is 3. The van der Waals surface area contributed by atoms with Gasteiger partial charge in [0.15, 0.2) is 12.3 Å². The Morgan fingerprint density at radius 3 is 2.25 bits per heavy atom. The number of nitrogens with zero attached hydrogens (tertiary/aromatic N) is 2. The van der Waals surface area contributed by atoms with Crippen molar-refractivity contribution in [2.24, 2.45) is 5.41 Å². The molecule has 71 heavy (non-hydrogen) atoms. The number of amides is 2. The van der Waals surface area contributed by atoms with Crippen LogP contribution in [0.4, 0.5) is 0 Å². The molecule has 1 aliphatic carbocycles. The van der Waals surface area contributed by atoms with Gasteiger partial charge in [-0.25, -0.2) is 0 Å². The van der Waals surface area contributed by atoms with Gasteiger partial charge < -0.3 is 64.2 Å². The highest BCUT2D eigenvalue weighted by Crippen LogP contribution is 2.60. The van der Waals surface area contributed by atoms with Crippen LogP contribution in [-0.4, -0.2) is 164 Å². The molecule has 13 atom stereocenters. The number of hydroxylamine groups is 2. The van der Waals surface area contributed by atoms with Crippen LogP contribution in [0, 0.1) is 5.41 Å². The fourth-order valence-corrected chi connectivity index (χ4v) is 10.9. The van der Waals surface area contributed by atoms with E-state index in [1.807, 2.05) is 84.9 Å². The molecule has 6 aliphatic rings. The van der Waals surface area contributed by atoms with Crippen LogP contribution in [0.1, 0.15) is 75.1 Å². The van der Waals surface area contributed by atoms with Crippen molar-refractivity contribution in [2.75, 3.05) is 26.4 Å². The van der Waals surface area contributed by atoms with Crippen LogP contribution >= 0.6 is 0 Å². The van der Waals surface area contributed by atoms with Crippen LogP contribution < -0.4 is 5.32 Å². The lowest BCUT2D eigenvalue weighted by molar-refractivity contribution is -0.298. The van der Waals surface area contributed by atoms with Crippen molar-refractivity contribution in [3.05, 3.63) is 113 Å². The number of carbonyl (C=O) groups excluding carboxylic acids is 4. The highest BCUT2D eigenvalue weighted by molar-refractivity contribution is 5.96. The first kappa shape index (κ1) is 50.8. The van der Waals surface area contributed by atoms with Crippen LogP contribution in [0.5, 0.6) is 0 Å². The third-order valence-electron chi connectivity index (χ3n) is 14.2. The Morgan fingerprint density at radius 2 is 1.58 bits per heavy atom. The molecule has 1 saturated carbocycles. The van der Waals surface area contributed by atoms with Gasteiger partial charge in [-0.3, -0.25) is 24.0 Å². The highest BCUT2D eigenvalue weighted by Gasteiger charge is 2.77. The molecule has 5 heterocycles. The molecule has 3 aromatic rings. The van der Waals surface area contributed by atoms with Crippen molar-refractivity contribution in [2.45, 2.75) is 144 Å². The van der Waals surface area contributed by atoms with E-state index >= 15 is 4.79 Å². The van der Waals surface area contributed by atoms with E-state index in [0.717, 1.165) is 0 Å². The molecule has 0 aromatic heterocycles. The molecule has 0 radical (unpaired) electrons. The van der Waals surface area contributed by atoms with Crippen LogP contribution in [0.15, 0.2) is 91.0 Å². The maximum absolute atomic E-state index is 15.8. The van der Waals surface area contributed by atoms with Crippen LogP contribution in [-0.2, 0) is 64.8 Å². The van der Waals surface area contributed by atoms with Crippen molar-refractivity contribution in [3.8, 4) is 0 Å². The number of aliphatic hydroxyl groups excluding tert-OH is 5. The van der Waals surface area contributed by atoms with Crippen LogP contribution in [0.2, 0.25) is 0 Å². The molecule has 5 saturated heterocycles. The first-order valence-corrected chi connectivity index (χ1v) is 24.3. The Hall–Kier alpha value is -5.16. The molecule has 0 spiro atoms. The van der Waals surface area contributed by atoms with Gasteiger partial charge in [0.1, 0.15) is 65.9 Å². The monoisotopic (exact) mass is 985 g/mol. The summed E-state index contributed by atoms with van der Waals surface area (Å²) in [6.07, 6.45) is -6.90. The Labute approximate surface area is 411 Å². The summed E-state index contributed by atoms with van der Waals surface area (Å²) in [7, 11) is 0. The van der Waals surface area contributed by atoms with Gasteiger partial charge in [0.2, 0.25) is 17.6 Å². The predicted molar refractivity (Wildman–Crippen MR) is 249 cm³/mol. The fraction of sp³-hybridized carbons (Fsp3) is 0.538. The third-order valence-corrected chi connectivity index (χ3v) is 14.2. The molecule has 9 rings (SSSR count). The number of likely N-dealkylation sites (tertiary alicyclic amines) is 1. The zero-order valence-corrected chi connectivity index (χ0v) is 39.9. The van der Waals surface area contributed by atoms with E-state index < -0.39 is 127 Å². The van der Waals surface area contributed by atoms with E-state index in [9.17, 15) is 39.9 Å². The van der Waals surface area contributed by atoms with Crippen LogP contribution in [0.3, 0.4) is 0 Å². The van der Waals surface area contributed by atoms with Gasteiger partial charge in [-0.2, -0.15) is 5.06 Å². The summed E-state index contributed by atoms with van der Waals surface area (Å²) >= 11 is 0. The molecular weight excluding hydrogens is 923 g/mol. The Kier molecular flexibility index (Phi) is 14.8. The summed E-state index contributed by atoms with van der Waals surface area (Å²) < 4.78 is 37.1. The Morgan fingerprint density at radius 1 is 0.901 bits per heavy atom. The number of hydrogen-bond acceptors (Lipinski definition) is 17. The first-order chi connectivity index (χ1) is 34.1. The molecular formula is C52H63N3O16. The topological polar surface area (TPSA) is 253 Å². The molecule has 6 N–H and O–H groups in total. The van der Waals surface area contributed by atoms with E-state index in [1.54, 1.807) is 32.9 Å². The van der Waals surface area contributed by atoms with Crippen molar-refractivity contribution in [1.29, 1.82) is 0 Å². The largest absolute Gasteiger partial charge is 0.460 e. The summed E-state index contributed by atoms with van der Waals surface area (Å²) in [4.78, 5) is 65.9. The van der Waals surface area contributed by atoms with Gasteiger partial charge in [-0.15, -0.1) is 0 Å². The molecule has 19 nitrogen and oxygen atoms in total. The van der Waals surface area contributed by atoms with E-state index in [2.05, 4.69) is 5.32 Å². The average molecular weight is 986 g/mol. The molecule has 2 amide bonds. The number of fused-ring (bicyclic) bond motifs is 4. The standard InChI is InChI=1S/C52H63N3O16/c1-50(2,3)68-38(58)23-22-34(28-56)53-46(62)35-21-12-24-54(35)49(64)51-26-36-42-43(70-52(69-42,32-17-6-4-7-18-32)33-19-8-5-9-20-33)45(51)71-55(44(51)47(63)66-36)27-31-15-11-10-14-30(31)16-13-25-65-48-41(61)40(60)39(59)37(29-57)67-48/h4-11,13-20,34-37,39-45,48,56-57,59-61H,12,21-29H2,1-3H3,(H,53,62)/t34-,35+,36+,37+,39-,40-,41+,42-,43-,44-,45+,48-,51-/m0/s1. The first-order valence-electron chi connectivity index (χ1n) is 24.3. The lowest BCUT2D eigenvalue weighted by Crippen LogP contribution is -2.70. The van der Waals surface area contributed by atoms with Crippen molar-refractivity contribution in [1.82, 2.24) is 15.3 Å². The number of nitrogens with one attached hydrogen (secondary N) is 1. The van der Waals surface area contributed by atoms with Gasteiger partial charge in [0, 0.05) is 30.5 Å².